The Bertz CT molecular complexity index is 3020. The molecule has 3 saturated carbocycles. The molecular weight excluding hydrogens is 1020 g/mol. The van der Waals surface area contributed by atoms with Gasteiger partial charge in [-0.3, -0.25) is 14.4 Å². The molecule has 0 saturated heterocycles. The number of halogens is 1. The first-order valence-corrected chi connectivity index (χ1v) is 28.0. The lowest BCUT2D eigenvalue weighted by Crippen LogP contribution is -2.55. The molecule has 392 valence electrons. The molecule has 5 aromatic rings. The van der Waals surface area contributed by atoms with Gasteiger partial charge in [0.25, 0.3) is 17.7 Å². The number of carbonyl (C=O) groups excluding carboxylic acids is 3. The van der Waals surface area contributed by atoms with Gasteiger partial charge in [-0.1, -0.05) is 134 Å². The summed E-state index contributed by atoms with van der Waals surface area (Å²) >= 11 is 3.66. The van der Waals surface area contributed by atoms with Crippen LogP contribution in [0.2, 0.25) is 0 Å². The van der Waals surface area contributed by atoms with Crippen LogP contribution in [0.3, 0.4) is 0 Å². The number of fused-ring (bicyclic) bond motifs is 9. The highest BCUT2D eigenvalue weighted by Crippen LogP contribution is 2.46. The Labute approximate surface area is 452 Å². The number of nitrogens with one attached hydrogen (secondary N) is 3. The van der Waals surface area contributed by atoms with E-state index in [4.69, 9.17) is 14.2 Å². The Balaban J connectivity index is 0.000000116. The van der Waals surface area contributed by atoms with Crippen LogP contribution in [-0.4, -0.2) is 73.2 Å². The smallest absolute Gasteiger partial charge is 0.262 e. The van der Waals surface area contributed by atoms with Crippen LogP contribution in [0.4, 0.5) is 17.1 Å². The molecule has 3 aliphatic carbocycles. The first kappa shape index (κ1) is 49.7. The normalized spacial score (nSPS) is 22.1. The zero-order valence-electron chi connectivity index (χ0n) is 43.3. The zero-order valence-corrected chi connectivity index (χ0v) is 44.9. The second-order valence-electron chi connectivity index (χ2n) is 21.6. The van der Waals surface area contributed by atoms with Crippen molar-refractivity contribution < 1.29 is 28.6 Å². The summed E-state index contributed by atoms with van der Waals surface area (Å²) in [4.78, 5) is 42.3. The first-order valence-electron chi connectivity index (χ1n) is 27.2. The van der Waals surface area contributed by atoms with E-state index in [2.05, 4.69) is 126 Å². The number of hydrogen-bond donors (Lipinski definition) is 3. The van der Waals surface area contributed by atoms with Crippen molar-refractivity contribution in [2.45, 2.75) is 116 Å². The maximum atomic E-state index is 12.2. The minimum absolute atomic E-state index is 0.0833. The summed E-state index contributed by atoms with van der Waals surface area (Å²) in [5.41, 5.74) is 19.4. The third-order valence-electron chi connectivity index (χ3n) is 16.7. The van der Waals surface area contributed by atoms with E-state index in [0.717, 1.165) is 93.3 Å². The van der Waals surface area contributed by atoms with Crippen LogP contribution >= 0.6 is 15.9 Å². The van der Waals surface area contributed by atoms with Gasteiger partial charge in [-0.25, -0.2) is 16.3 Å². The summed E-state index contributed by atoms with van der Waals surface area (Å²) in [5, 5.41) is 12.5. The monoisotopic (exact) mass is 1090 g/mol. The maximum absolute atomic E-state index is 12.2. The molecule has 0 radical (unpaired) electrons. The van der Waals surface area contributed by atoms with Crippen molar-refractivity contribution in [1.29, 1.82) is 0 Å². The number of anilines is 3. The molecule has 0 bridgehead atoms. The van der Waals surface area contributed by atoms with Gasteiger partial charge in [0, 0.05) is 4.47 Å². The van der Waals surface area contributed by atoms with Crippen LogP contribution in [0.25, 0.3) is 22.3 Å². The van der Waals surface area contributed by atoms with E-state index in [1.165, 1.54) is 96.7 Å². The summed E-state index contributed by atoms with van der Waals surface area (Å²) in [5.74, 6) is 6.79. The Kier molecular flexibility index (Phi) is 13.8. The van der Waals surface area contributed by atoms with Crippen LogP contribution in [0.15, 0.2) is 117 Å². The predicted molar refractivity (Wildman–Crippen MR) is 300 cm³/mol. The highest BCUT2D eigenvalue weighted by molar-refractivity contribution is 9.10. The van der Waals surface area contributed by atoms with E-state index in [-0.39, 0.29) is 35.8 Å². The standard InChI is InChI=1S/2C22H23N3O2.C16H18BrN3O2/c2*1-14-22(26)24-23-21-13-27-20-12-18(16-8-3-2-4-9-16)17(10-15-6-5-7-15)11-19(20)25(14)21;1-9-16(21)19-18-15-8-22-14-7-12(17)11(5-10-3-2-4-10)6-13(14)20(9)15/h2*2-4,8-9,11-12,14-15H,5-7,10,13H2,1H3,(H,24,26);6-7,9-10H,2-5,8H2,1H3,(H,19,21)/t2*14-;/m10./s1. The predicted octanol–water partition coefficient (Wildman–Crippen LogP) is 10.3. The molecule has 5 aromatic carbocycles. The molecule has 15 nitrogen and oxygen atoms in total. The van der Waals surface area contributed by atoms with E-state index in [9.17, 15) is 14.4 Å². The van der Waals surface area contributed by atoms with Crippen molar-refractivity contribution in [2.75, 3.05) is 34.5 Å². The summed E-state index contributed by atoms with van der Waals surface area (Å²) in [6.07, 6.45) is 15.1. The zero-order chi connectivity index (χ0) is 52.0. The molecule has 3 fully saturated rings. The molecule has 9 aliphatic rings. The molecule has 0 aromatic heterocycles. The van der Waals surface area contributed by atoms with Crippen LogP contribution in [0.5, 0.6) is 17.2 Å². The molecule has 3 amide bonds. The minimum atomic E-state index is -0.292. The van der Waals surface area contributed by atoms with Gasteiger partial charge in [-0.2, -0.15) is 15.3 Å². The number of ether oxygens (including phenoxy) is 3. The third kappa shape index (κ3) is 9.69. The number of nitrogens with zero attached hydrogens (tertiary/aromatic N) is 6. The Hall–Kier alpha value is -7.20. The van der Waals surface area contributed by atoms with Gasteiger partial charge in [0.2, 0.25) is 0 Å². The average Bonchev–Trinajstić information content (AvgIpc) is 3.43. The van der Waals surface area contributed by atoms with E-state index in [1.54, 1.807) is 0 Å². The van der Waals surface area contributed by atoms with Gasteiger partial charge in [0.15, 0.2) is 17.5 Å². The molecule has 76 heavy (non-hydrogen) atoms. The van der Waals surface area contributed by atoms with Crippen molar-refractivity contribution in [1.82, 2.24) is 16.3 Å². The molecular formula is C60H64BrN9O6. The molecule has 14 rings (SSSR count). The van der Waals surface area contributed by atoms with Crippen molar-refractivity contribution >= 4 is 68.2 Å². The van der Waals surface area contributed by atoms with Gasteiger partial charge in [0.1, 0.15) is 55.2 Å². The van der Waals surface area contributed by atoms with Gasteiger partial charge >= 0.3 is 0 Å². The molecule has 3 N–H and O–H groups in total. The number of amides is 3. The first-order chi connectivity index (χ1) is 37.0. The molecule has 0 spiro atoms. The minimum Gasteiger partial charge on any atom is -0.483 e. The Morgan fingerprint density at radius 3 is 1.14 bits per heavy atom. The van der Waals surface area contributed by atoms with Gasteiger partial charge < -0.3 is 28.9 Å². The van der Waals surface area contributed by atoms with Crippen molar-refractivity contribution in [3.63, 3.8) is 0 Å². The molecule has 1 unspecified atom stereocenters. The number of amidine groups is 3. The molecule has 6 heterocycles. The summed E-state index contributed by atoms with van der Waals surface area (Å²) in [6, 6.07) is 33.1. The van der Waals surface area contributed by atoms with Gasteiger partial charge in [-0.15, -0.1) is 0 Å². The summed E-state index contributed by atoms with van der Waals surface area (Å²) in [6.45, 7) is 6.84. The van der Waals surface area contributed by atoms with Crippen LogP contribution < -0.4 is 45.2 Å². The largest absolute Gasteiger partial charge is 0.483 e. The second-order valence-corrected chi connectivity index (χ2v) is 22.5. The lowest BCUT2D eigenvalue weighted by molar-refractivity contribution is -0.123. The number of carbonyl (C=O) groups is 3. The number of hydrogen-bond acceptors (Lipinski definition) is 12. The second kappa shape index (κ2) is 21.1. The Morgan fingerprint density at radius 1 is 0.474 bits per heavy atom. The van der Waals surface area contributed by atoms with Crippen LogP contribution in [0.1, 0.15) is 95.2 Å². The SMILES string of the molecule is CC1C(=O)NN=C2COc3cc(Br)c(CC4CCC4)cc3N21.C[C@@H]1C(=O)NN=C2COc3cc(-c4ccccc4)c(CC4CCC4)cc3N21.C[C@H]1C(=O)NN=C2COc3cc(-c4ccccc4)c(CC4CCC4)cc3N21. The van der Waals surface area contributed by atoms with E-state index >= 15 is 0 Å². The van der Waals surface area contributed by atoms with Crippen molar-refractivity contribution in [3.8, 4) is 39.5 Å². The van der Waals surface area contributed by atoms with E-state index < -0.39 is 0 Å². The number of hydrazone groups is 3. The lowest BCUT2D eigenvalue weighted by Gasteiger charge is -2.39. The lowest BCUT2D eigenvalue weighted by atomic mass is 9.79. The average molecular weight is 1090 g/mol. The number of benzene rings is 5. The fourth-order valence-corrected chi connectivity index (χ4v) is 12.1. The number of rotatable bonds is 8. The highest BCUT2D eigenvalue weighted by Gasteiger charge is 2.39. The summed E-state index contributed by atoms with van der Waals surface area (Å²) < 4.78 is 18.9. The topological polar surface area (TPSA) is 162 Å². The third-order valence-corrected chi connectivity index (χ3v) is 17.5. The van der Waals surface area contributed by atoms with Gasteiger partial charge in [-0.05, 0) is 133 Å². The van der Waals surface area contributed by atoms with E-state index in [0.29, 0.717) is 19.8 Å². The fourth-order valence-electron chi connectivity index (χ4n) is 11.6. The summed E-state index contributed by atoms with van der Waals surface area (Å²) in [7, 11) is 0. The van der Waals surface area contributed by atoms with Gasteiger partial charge in [0.05, 0.1) is 17.1 Å². The van der Waals surface area contributed by atoms with Crippen LogP contribution in [-0.2, 0) is 33.6 Å². The molecule has 16 heteroatoms. The van der Waals surface area contributed by atoms with Crippen molar-refractivity contribution in [2.24, 2.45) is 33.1 Å². The highest BCUT2D eigenvalue weighted by atomic mass is 79.9. The Morgan fingerprint density at radius 2 is 0.803 bits per heavy atom. The van der Waals surface area contributed by atoms with E-state index in [1.807, 2.05) is 53.7 Å². The quantitative estimate of drug-likeness (QED) is 0.137. The van der Waals surface area contributed by atoms with Crippen molar-refractivity contribution in [3.05, 3.63) is 118 Å². The molecule has 3 atom stereocenters. The molecule has 6 aliphatic heterocycles. The fraction of sp³-hybridized carbons (Fsp3) is 0.400. The maximum Gasteiger partial charge on any atom is 0.262 e. The van der Waals surface area contributed by atoms with Crippen LogP contribution in [0, 0.1) is 17.8 Å².